The molecule has 1 spiro atoms. The fourth-order valence-electron chi connectivity index (χ4n) is 6.27. The van der Waals surface area contributed by atoms with Crippen molar-refractivity contribution in [3.63, 3.8) is 0 Å². The first-order valence-corrected chi connectivity index (χ1v) is 8.85. The molecule has 1 aromatic rings. The summed E-state index contributed by atoms with van der Waals surface area (Å²) in [5.74, 6) is -0.551. The van der Waals surface area contributed by atoms with Gasteiger partial charge in [-0.2, -0.15) is 0 Å². The molecule has 2 unspecified atom stereocenters. The zero-order valence-corrected chi connectivity index (χ0v) is 14.8. The minimum absolute atomic E-state index is 0.196. The maximum Gasteiger partial charge on any atom is 0.247 e. The van der Waals surface area contributed by atoms with Crippen LogP contribution in [0.15, 0.2) is 12.1 Å². The average Bonchev–Trinajstić information content (AvgIpc) is 3.10. The molecule has 0 radical (unpaired) electrons. The van der Waals surface area contributed by atoms with Gasteiger partial charge in [-0.05, 0) is 38.1 Å². The van der Waals surface area contributed by atoms with Crippen molar-refractivity contribution in [1.29, 1.82) is 0 Å². The molecule has 25 heavy (non-hydrogen) atoms. The van der Waals surface area contributed by atoms with E-state index in [2.05, 4.69) is 4.90 Å². The number of carbonyl (C=O) groups is 1. The zero-order valence-electron chi connectivity index (χ0n) is 14.8. The number of ketones is 1. The standard InChI is InChI=1S/C19H23NO5/c1-20-9-8-17-7-6-14(21)19(22)18(17,20)10-13(25-19)11-4-5-12(23-2)16(24-3)15(11)17/h4-5,13,22H,6-10H2,1-3H3/t13-,17?,18?,19-/m0/s1. The normalized spacial score (nSPS) is 41.4. The van der Waals surface area contributed by atoms with Gasteiger partial charge in [0, 0.05) is 23.8 Å². The van der Waals surface area contributed by atoms with E-state index in [4.69, 9.17) is 14.2 Å². The first kappa shape index (κ1) is 15.6. The van der Waals surface area contributed by atoms with Crippen molar-refractivity contribution in [3.8, 4) is 11.5 Å². The van der Waals surface area contributed by atoms with Crippen molar-refractivity contribution >= 4 is 5.78 Å². The van der Waals surface area contributed by atoms with Crippen LogP contribution in [0.3, 0.4) is 0 Å². The van der Waals surface area contributed by atoms with Crippen LogP contribution >= 0.6 is 0 Å². The topological polar surface area (TPSA) is 68.2 Å². The number of likely N-dealkylation sites (N-methyl/N-ethyl adjacent to an activating group) is 1. The summed E-state index contributed by atoms with van der Waals surface area (Å²) >= 11 is 0. The number of carbonyl (C=O) groups excluding carboxylic acids is 1. The largest absolute Gasteiger partial charge is 0.493 e. The van der Waals surface area contributed by atoms with Gasteiger partial charge in [0.1, 0.15) is 0 Å². The number of hydrogen-bond acceptors (Lipinski definition) is 6. The van der Waals surface area contributed by atoms with E-state index in [1.54, 1.807) is 14.2 Å². The molecule has 2 saturated heterocycles. The Morgan fingerprint density at radius 1 is 1.28 bits per heavy atom. The van der Waals surface area contributed by atoms with Gasteiger partial charge < -0.3 is 19.3 Å². The van der Waals surface area contributed by atoms with E-state index in [-0.39, 0.29) is 17.3 Å². The number of methoxy groups -OCH3 is 2. The molecule has 4 atom stereocenters. The summed E-state index contributed by atoms with van der Waals surface area (Å²) in [6.45, 7) is 0.811. The molecule has 2 bridgehead atoms. The van der Waals surface area contributed by atoms with E-state index >= 15 is 0 Å². The third-order valence-electron chi connectivity index (χ3n) is 7.23. The van der Waals surface area contributed by atoms with Crippen LogP contribution in [0.2, 0.25) is 0 Å². The monoisotopic (exact) mass is 345 g/mol. The lowest BCUT2D eigenvalue weighted by molar-refractivity contribution is -0.242. The average molecular weight is 345 g/mol. The van der Waals surface area contributed by atoms with Crippen LogP contribution in [0.1, 0.15) is 42.9 Å². The van der Waals surface area contributed by atoms with Crippen LogP contribution < -0.4 is 9.47 Å². The molecule has 2 aliphatic carbocycles. The van der Waals surface area contributed by atoms with Crippen molar-refractivity contribution in [1.82, 2.24) is 4.90 Å². The first-order valence-electron chi connectivity index (χ1n) is 8.85. The molecule has 6 heteroatoms. The van der Waals surface area contributed by atoms with Crippen LogP contribution in [0.25, 0.3) is 0 Å². The Labute approximate surface area is 146 Å². The number of Topliss-reactive ketones (excluding diaryl/α,β-unsaturated/α-hetero) is 1. The smallest absolute Gasteiger partial charge is 0.247 e. The molecular weight excluding hydrogens is 322 g/mol. The molecule has 1 N–H and O–H groups in total. The Hall–Kier alpha value is -1.63. The second-order valence-electron chi connectivity index (χ2n) is 7.76. The minimum Gasteiger partial charge on any atom is -0.493 e. The SMILES string of the molecule is COc1ccc2c(c1OC)C13CCC(=O)[C@]4(O)O[C@H]2CC14N(C)CC3. The van der Waals surface area contributed by atoms with E-state index in [0.29, 0.717) is 30.8 Å². The molecule has 0 aromatic heterocycles. The molecule has 1 saturated carbocycles. The van der Waals surface area contributed by atoms with Crippen molar-refractivity contribution < 1.29 is 24.1 Å². The molecule has 4 aliphatic rings. The maximum atomic E-state index is 12.8. The lowest BCUT2D eigenvalue weighted by Crippen LogP contribution is -2.72. The second-order valence-corrected chi connectivity index (χ2v) is 7.76. The van der Waals surface area contributed by atoms with E-state index in [1.807, 2.05) is 19.2 Å². The maximum absolute atomic E-state index is 12.8. The van der Waals surface area contributed by atoms with Crippen LogP contribution in [-0.2, 0) is 14.9 Å². The summed E-state index contributed by atoms with van der Waals surface area (Å²) < 4.78 is 17.4. The Kier molecular flexibility index (Phi) is 2.84. The quantitative estimate of drug-likeness (QED) is 0.877. The van der Waals surface area contributed by atoms with E-state index in [1.165, 1.54) is 0 Å². The number of hydrogen-bond donors (Lipinski definition) is 1. The van der Waals surface area contributed by atoms with Crippen LogP contribution in [0.4, 0.5) is 0 Å². The summed E-state index contributed by atoms with van der Waals surface area (Å²) in [4.78, 5) is 14.9. The Balaban J connectivity index is 1.89. The summed E-state index contributed by atoms with van der Waals surface area (Å²) in [7, 11) is 5.28. The Bertz CT molecular complexity index is 794. The molecule has 2 aliphatic heterocycles. The summed E-state index contributed by atoms with van der Waals surface area (Å²) in [6, 6.07) is 3.89. The fourth-order valence-corrected chi connectivity index (χ4v) is 6.27. The van der Waals surface area contributed by atoms with Gasteiger partial charge in [-0.3, -0.25) is 9.69 Å². The Morgan fingerprint density at radius 3 is 2.80 bits per heavy atom. The van der Waals surface area contributed by atoms with Gasteiger partial charge in [-0.15, -0.1) is 0 Å². The molecular formula is C19H23NO5. The summed E-state index contributed by atoms with van der Waals surface area (Å²) in [5.41, 5.74) is 0.992. The highest BCUT2D eigenvalue weighted by molar-refractivity contribution is 5.91. The molecule has 0 amide bonds. The number of nitrogens with zero attached hydrogens (tertiary/aromatic N) is 1. The molecule has 1 aromatic carbocycles. The number of fused-ring (bicyclic) bond motifs is 3. The van der Waals surface area contributed by atoms with E-state index in [0.717, 1.165) is 24.1 Å². The van der Waals surface area contributed by atoms with Gasteiger partial charge >= 0.3 is 0 Å². The molecule has 2 heterocycles. The second kappa shape index (κ2) is 4.55. The zero-order chi connectivity index (χ0) is 17.6. The Morgan fingerprint density at radius 2 is 2.08 bits per heavy atom. The number of ether oxygens (including phenoxy) is 3. The highest BCUT2D eigenvalue weighted by Crippen LogP contribution is 2.71. The van der Waals surface area contributed by atoms with Gasteiger partial charge in [-0.25, -0.2) is 0 Å². The van der Waals surface area contributed by atoms with Crippen molar-refractivity contribution in [2.24, 2.45) is 0 Å². The van der Waals surface area contributed by atoms with Crippen molar-refractivity contribution in [2.75, 3.05) is 27.8 Å². The minimum atomic E-state index is -1.75. The summed E-state index contributed by atoms with van der Waals surface area (Å²) in [6.07, 6.45) is 2.21. The van der Waals surface area contributed by atoms with Crippen molar-refractivity contribution in [2.45, 2.75) is 48.5 Å². The van der Waals surface area contributed by atoms with Gasteiger partial charge in [0.25, 0.3) is 0 Å². The number of rotatable bonds is 2. The lowest BCUT2D eigenvalue weighted by Gasteiger charge is -2.56. The third kappa shape index (κ3) is 1.40. The van der Waals surface area contributed by atoms with Gasteiger partial charge in [0.05, 0.1) is 25.9 Å². The van der Waals surface area contributed by atoms with Crippen LogP contribution in [0, 0.1) is 0 Å². The van der Waals surface area contributed by atoms with E-state index in [9.17, 15) is 9.90 Å². The number of aliphatic hydroxyl groups is 1. The van der Waals surface area contributed by atoms with Gasteiger partial charge in [0.2, 0.25) is 5.79 Å². The third-order valence-corrected chi connectivity index (χ3v) is 7.23. The van der Waals surface area contributed by atoms with Crippen LogP contribution in [0.5, 0.6) is 11.5 Å². The molecule has 6 nitrogen and oxygen atoms in total. The molecule has 5 rings (SSSR count). The lowest BCUT2D eigenvalue weighted by atomic mass is 9.51. The molecule has 3 fully saturated rings. The predicted molar refractivity (Wildman–Crippen MR) is 88.8 cm³/mol. The van der Waals surface area contributed by atoms with Crippen molar-refractivity contribution in [3.05, 3.63) is 23.3 Å². The first-order chi connectivity index (χ1) is 11.9. The predicted octanol–water partition coefficient (Wildman–Crippen LogP) is 1.54. The number of likely N-dealkylation sites (tertiary alicyclic amines) is 1. The van der Waals surface area contributed by atoms with Gasteiger partial charge in [-0.1, -0.05) is 6.07 Å². The van der Waals surface area contributed by atoms with E-state index < -0.39 is 11.3 Å². The highest BCUT2D eigenvalue weighted by atomic mass is 16.6. The molecule has 134 valence electrons. The number of benzene rings is 1. The highest BCUT2D eigenvalue weighted by Gasteiger charge is 2.80. The van der Waals surface area contributed by atoms with Gasteiger partial charge in [0.15, 0.2) is 17.3 Å². The summed E-state index contributed by atoms with van der Waals surface area (Å²) in [5, 5.41) is 11.5. The fraction of sp³-hybridized carbons (Fsp3) is 0.632. The van der Waals surface area contributed by atoms with Crippen LogP contribution in [-0.4, -0.2) is 54.9 Å².